The van der Waals surface area contributed by atoms with E-state index in [0.29, 0.717) is 16.3 Å². The molecule has 0 saturated carbocycles. The van der Waals surface area contributed by atoms with Crippen LogP contribution in [0.1, 0.15) is 18.9 Å². The molecule has 0 radical (unpaired) electrons. The number of carbonyl (C=O) groups excluding carboxylic acids is 1. The van der Waals surface area contributed by atoms with Gasteiger partial charge in [0.25, 0.3) is 0 Å². The molecule has 2 rings (SSSR count). The van der Waals surface area contributed by atoms with E-state index in [1.165, 1.54) is 11.8 Å². The summed E-state index contributed by atoms with van der Waals surface area (Å²) >= 11 is 6.07. The average Bonchev–Trinajstić information content (AvgIpc) is 2.30. The van der Waals surface area contributed by atoms with E-state index in [-0.39, 0.29) is 18.9 Å². The fourth-order valence-corrected chi connectivity index (χ4v) is 2.50. The highest BCUT2D eigenvalue weighted by atomic mass is 35.5. The number of amides is 1. The summed E-state index contributed by atoms with van der Waals surface area (Å²) in [5.41, 5.74) is 5.24. The number of rotatable bonds is 1. The SMILES string of the molecule is CC(=O)N1CCC(N)(C(=O)O)c2cccc(Cl)c21. The highest BCUT2D eigenvalue weighted by molar-refractivity contribution is 6.34. The van der Waals surface area contributed by atoms with Gasteiger partial charge < -0.3 is 15.7 Å². The van der Waals surface area contributed by atoms with Gasteiger partial charge in [-0.15, -0.1) is 0 Å². The van der Waals surface area contributed by atoms with E-state index in [0.717, 1.165) is 0 Å². The van der Waals surface area contributed by atoms with Crippen LogP contribution in [0.4, 0.5) is 5.69 Å². The number of para-hydroxylation sites is 1. The Morgan fingerprint density at radius 3 is 2.72 bits per heavy atom. The zero-order valence-corrected chi connectivity index (χ0v) is 10.6. The van der Waals surface area contributed by atoms with Crippen LogP contribution < -0.4 is 10.6 Å². The van der Waals surface area contributed by atoms with Crippen molar-refractivity contribution in [1.82, 2.24) is 0 Å². The smallest absolute Gasteiger partial charge is 0.328 e. The predicted molar refractivity (Wildman–Crippen MR) is 67.6 cm³/mol. The van der Waals surface area contributed by atoms with Gasteiger partial charge in [0, 0.05) is 19.0 Å². The molecule has 6 heteroatoms. The van der Waals surface area contributed by atoms with Gasteiger partial charge >= 0.3 is 5.97 Å². The van der Waals surface area contributed by atoms with Crippen LogP contribution in [0.5, 0.6) is 0 Å². The lowest BCUT2D eigenvalue weighted by Gasteiger charge is -2.38. The number of carbonyl (C=O) groups is 2. The maximum Gasteiger partial charge on any atom is 0.328 e. The molecule has 0 spiro atoms. The Morgan fingerprint density at radius 1 is 1.50 bits per heavy atom. The van der Waals surface area contributed by atoms with Crippen molar-refractivity contribution in [1.29, 1.82) is 0 Å². The van der Waals surface area contributed by atoms with Crippen molar-refractivity contribution < 1.29 is 14.7 Å². The molecule has 0 aliphatic carbocycles. The number of benzene rings is 1. The fraction of sp³-hybridized carbons (Fsp3) is 0.333. The Labute approximate surface area is 109 Å². The van der Waals surface area contributed by atoms with Crippen LogP contribution in [0.15, 0.2) is 18.2 Å². The molecular weight excluding hydrogens is 256 g/mol. The van der Waals surface area contributed by atoms with E-state index in [9.17, 15) is 14.7 Å². The number of halogens is 1. The highest BCUT2D eigenvalue weighted by Crippen LogP contribution is 2.41. The first kappa shape index (κ1) is 12.9. The van der Waals surface area contributed by atoms with Crippen molar-refractivity contribution in [3.8, 4) is 0 Å². The number of carboxylic acid groups (broad SMARTS) is 1. The summed E-state index contributed by atoms with van der Waals surface area (Å²) in [6.07, 6.45) is 0.162. The molecule has 0 bridgehead atoms. The van der Waals surface area contributed by atoms with Crippen LogP contribution in [0.3, 0.4) is 0 Å². The first-order valence-corrected chi connectivity index (χ1v) is 5.85. The van der Waals surface area contributed by atoms with Gasteiger partial charge in [0.2, 0.25) is 5.91 Å². The Hall–Kier alpha value is -1.59. The first-order chi connectivity index (χ1) is 8.38. The van der Waals surface area contributed by atoms with Gasteiger partial charge in [0.15, 0.2) is 0 Å². The maximum absolute atomic E-state index is 11.6. The number of nitrogens with two attached hydrogens (primary N) is 1. The largest absolute Gasteiger partial charge is 0.480 e. The summed E-state index contributed by atoms with van der Waals surface area (Å²) in [5.74, 6) is -1.30. The second kappa shape index (κ2) is 4.26. The van der Waals surface area contributed by atoms with E-state index in [1.54, 1.807) is 18.2 Å². The van der Waals surface area contributed by atoms with Crippen LogP contribution in [-0.4, -0.2) is 23.5 Å². The highest BCUT2D eigenvalue weighted by Gasteiger charge is 2.43. The van der Waals surface area contributed by atoms with Gasteiger partial charge in [-0.2, -0.15) is 0 Å². The van der Waals surface area contributed by atoms with Gasteiger partial charge in [0.05, 0.1) is 10.7 Å². The van der Waals surface area contributed by atoms with Gasteiger partial charge in [-0.1, -0.05) is 23.7 Å². The van der Waals surface area contributed by atoms with Crippen molar-refractivity contribution in [2.75, 3.05) is 11.4 Å². The first-order valence-electron chi connectivity index (χ1n) is 5.47. The van der Waals surface area contributed by atoms with Crippen molar-refractivity contribution in [2.45, 2.75) is 18.9 Å². The Bertz CT molecular complexity index is 532. The van der Waals surface area contributed by atoms with Crippen LogP contribution in [0.25, 0.3) is 0 Å². The Morgan fingerprint density at radius 2 is 2.17 bits per heavy atom. The molecule has 3 N–H and O–H groups in total. The minimum atomic E-state index is -1.49. The zero-order valence-electron chi connectivity index (χ0n) is 9.81. The Balaban J connectivity index is 2.68. The van der Waals surface area contributed by atoms with Gasteiger partial charge in [-0.25, -0.2) is 4.79 Å². The molecule has 1 atom stereocenters. The molecule has 0 saturated heterocycles. The van der Waals surface area contributed by atoms with Gasteiger partial charge in [-0.05, 0) is 12.5 Å². The predicted octanol–water partition coefficient (Wildman–Crippen LogP) is 1.34. The lowest BCUT2D eigenvalue weighted by Crippen LogP contribution is -2.52. The second-order valence-electron chi connectivity index (χ2n) is 4.33. The number of hydrogen-bond acceptors (Lipinski definition) is 3. The monoisotopic (exact) mass is 268 g/mol. The zero-order chi connectivity index (χ0) is 13.5. The summed E-state index contributed by atoms with van der Waals surface area (Å²) in [7, 11) is 0. The average molecular weight is 269 g/mol. The second-order valence-corrected chi connectivity index (χ2v) is 4.74. The van der Waals surface area contributed by atoms with E-state index in [2.05, 4.69) is 0 Å². The number of fused-ring (bicyclic) bond motifs is 1. The molecule has 1 amide bonds. The maximum atomic E-state index is 11.6. The minimum absolute atomic E-state index is 0.162. The molecule has 1 heterocycles. The summed E-state index contributed by atoms with van der Waals surface area (Å²) in [5, 5.41) is 9.62. The van der Waals surface area contributed by atoms with Gasteiger partial charge in [-0.3, -0.25) is 4.79 Å². The molecule has 5 nitrogen and oxygen atoms in total. The van der Waals surface area contributed by atoms with Crippen molar-refractivity contribution in [3.05, 3.63) is 28.8 Å². The third kappa shape index (κ3) is 1.76. The third-order valence-corrected chi connectivity index (χ3v) is 3.53. The van der Waals surface area contributed by atoms with Crippen LogP contribution in [0.2, 0.25) is 5.02 Å². The summed E-state index contributed by atoms with van der Waals surface area (Å²) in [6, 6.07) is 4.85. The van der Waals surface area contributed by atoms with Gasteiger partial charge in [0.1, 0.15) is 5.54 Å². The molecule has 1 aliphatic rings. The van der Waals surface area contributed by atoms with E-state index < -0.39 is 11.5 Å². The summed E-state index contributed by atoms with van der Waals surface area (Å²) in [4.78, 5) is 24.4. The molecule has 1 aromatic rings. The lowest BCUT2D eigenvalue weighted by molar-refractivity contribution is -0.144. The van der Waals surface area contributed by atoms with Crippen molar-refractivity contribution in [2.24, 2.45) is 5.73 Å². The minimum Gasteiger partial charge on any atom is -0.480 e. The van der Waals surface area contributed by atoms with Crippen LogP contribution >= 0.6 is 11.6 Å². The lowest BCUT2D eigenvalue weighted by atomic mass is 9.83. The molecular formula is C12H13ClN2O3. The molecule has 1 aromatic carbocycles. The van der Waals surface area contributed by atoms with Crippen molar-refractivity contribution >= 4 is 29.2 Å². The molecule has 18 heavy (non-hydrogen) atoms. The normalized spacial score (nSPS) is 22.5. The standard InChI is InChI=1S/C12H13ClN2O3/c1-7(16)15-6-5-12(14,11(17)18)8-3-2-4-9(13)10(8)15/h2-4H,5-6,14H2,1H3,(H,17,18). The third-order valence-electron chi connectivity index (χ3n) is 3.23. The fourth-order valence-electron chi connectivity index (χ4n) is 2.22. The number of aliphatic carboxylic acids is 1. The topological polar surface area (TPSA) is 83.6 Å². The summed E-state index contributed by atoms with van der Waals surface area (Å²) < 4.78 is 0. The quantitative estimate of drug-likeness (QED) is 0.805. The van der Waals surface area contributed by atoms with E-state index in [4.69, 9.17) is 17.3 Å². The molecule has 1 aliphatic heterocycles. The van der Waals surface area contributed by atoms with E-state index in [1.807, 2.05) is 0 Å². The van der Waals surface area contributed by atoms with Crippen molar-refractivity contribution in [3.63, 3.8) is 0 Å². The number of nitrogens with zero attached hydrogens (tertiary/aromatic N) is 1. The van der Waals surface area contributed by atoms with Crippen LogP contribution in [0, 0.1) is 0 Å². The van der Waals surface area contributed by atoms with Crippen LogP contribution in [-0.2, 0) is 15.1 Å². The molecule has 96 valence electrons. The molecule has 1 unspecified atom stereocenters. The number of carboxylic acids is 1. The summed E-state index contributed by atoms with van der Waals surface area (Å²) in [6.45, 7) is 1.66. The van der Waals surface area contributed by atoms with E-state index >= 15 is 0 Å². The molecule has 0 fully saturated rings. The molecule has 0 aromatic heterocycles. The number of anilines is 1. The Kier molecular flexibility index (Phi) is 3.04. The number of hydrogen-bond donors (Lipinski definition) is 2.